The number of nitrogens with zero attached hydrogens (tertiary/aromatic N) is 3. The number of halogens is 1. The molecule has 0 unspecified atom stereocenters. The number of amides is 2. The van der Waals surface area contributed by atoms with E-state index in [4.69, 9.17) is 4.42 Å². The first-order valence-electron chi connectivity index (χ1n) is 10.4. The zero-order valence-electron chi connectivity index (χ0n) is 18.5. The maximum atomic E-state index is 12.6. The number of aryl methyl sites for hydroxylation is 2. The van der Waals surface area contributed by atoms with Crippen LogP contribution in [0.4, 0.5) is 5.69 Å². The molecule has 0 spiro atoms. The van der Waals surface area contributed by atoms with Crippen LogP contribution in [0.15, 0.2) is 74.9 Å². The van der Waals surface area contributed by atoms with Crippen LogP contribution in [0.5, 0.6) is 0 Å². The van der Waals surface area contributed by atoms with Crippen molar-refractivity contribution in [1.29, 1.82) is 0 Å². The standard InChI is InChI=1S/C24H22BrN5O3S/c1-15-5-6-16(2)19(12-15)27-22(31)14-34-24-29-28-21(13-26-23(32)20-4-3-11-33-20)30(24)18-9-7-17(25)8-10-18/h3-12H,13-14H2,1-2H3,(H,26,32)(H,27,31). The summed E-state index contributed by atoms with van der Waals surface area (Å²) in [6.45, 7) is 4.07. The molecule has 2 N–H and O–H groups in total. The molecule has 2 heterocycles. The van der Waals surface area contributed by atoms with Gasteiger partial charge in [-0.2, -0.15) is 0 Å². The molecule has 10 heteroatoms. The summed E-state index contributed by atoms with van der Waals surface area (Å²) in [5.41, 5.74) is 3.68. The Morgan fingerprint density at radius 3 is 2.62 bits per heavy atom. The molecule has 34 heavy (non-hydrogen) atoms. The van der Waals surface area contributed by atoms with Gasteiger partial charge in [-0.25, -0.2) is 0 Å². The number of anilines is 1. The summed E-state index contributed by atoms with van der Waals surface area (Å²) in [5, 5.41) is 14.8. The summed E-state index contributed by atoms with van der Waals surface area (Å²) < 4.78 is 7.89. The molecule has 174 valence electrons. The van der Waals surface area contributed by atoms with E-state index in [-0.39, 0.29) is 29.9 Å². The van der Waals surface area contributed by atoms with Gasteiger partial charge in [-0.15, -0.1) is 10.2 Å². The fourth-order valence-electron chi connectivity index (χ4n) is 3.20. The van der Waals surface area contributed by atoms with Gasteiger partial charge in [0.1, 0.15) is 0 Å². The van der Waals surface area contributed by atoms with E-state index in [2.05, 4.69) is 36.8 Å². The Labute approximate surface area is 209 Å². The zero-order chi connectivity index (χ0) is 24.1. The highest BCUT2D eigenvalue weighted by Gasteiger charge is 2.18. The third-order valence-corrected chi connectivity index (χ3v) is 6.39. The van der Waals surface area contributed by atoms with E-state index in [9.17, 15) is 9.59 Å². The van der Waals surface area contributed by atoms with E-state index in [1.54, 1.807) is 12.1 Å². The van der Waals surface area contributed by atoms with E-state index >= 15 is 0 Å². The van der Waals surface area contributed by atoms with Gasteiger partial charge in [0.25, 0.3) is 5.91 Å². The van der Waals surface area contributed by atoms with Gasteiger partial charge in [-0.1, -0.05) is 39.8 Å². The summed E-state index contributed by atoms with van der Waals surface area (Å²) in [6, 6.07) is 16.8. The third-order valence-electron chi connectivity index (χ3n) is 4.94. The van der Waals surface area contributed by atoms with E-state index in [1.165, 1.54) is 18.0 Å². The Morgan fingerprint density at radius 1 is 1.09 bits per heavy atom. The maximum absolute atomic E-state index is 12.6. The number of rotatable bonds is 8. The molecule has 2 aromatic carbocycles. The second-order valence-corrected chi connectivity index (χ2v) is 9.38. The Bertz CT molecular complexity index is 1300. The van der Waals surface area contributed by atoms with Crippen LogP contribution in [0.3, 0.4) is 0 Å². The van der Waals surface area contributed by atoms with Gasteiger partial charge >= 0.3 is 0 Å². The van der Waals surface area contributed by atoms with Crippen LogP contribution in [-0.4, -0.2) is 32.3 Å². The Hall–Kier alpha value is -3.37. The minimum atomic E-state index is -0.350. The lowest BCUT2D eigenvalue weighted by Gasteiger charge is -2.12. The molecular formula is C24H22BrN5O3S. The number of hydrogen-bond donors (Lipinski definition) is 2. The predicted molar refractivity (Wildman–Crippen MR) is 134 cm³/mol. The Morgan fingerprint density at radius 2 is 1.88 bits per heavy atom. The predicted octanol–water partition coefficient (Wildman–Crippen LogP) is 4.90. The van der Waals surface area contributed by atoms with Crippen molar-refractivity contribution in [2.24, 2.45) is 0 Å². The van der Waals surface area contributed by atoms with Crippen molar-refractivity contribution < 1.29 is 14.0 Å². The molecule has 0 bridgehead atoms. The minimum Gasteiger partial charge on any atom is -0.459 e. The van der Waals surface area contributed by atoms with Crippen LogP contribution >= 0.6 is 27.7 Å². The van der Waals surface area contributed by atoms with Gasteiger partial charge < -0.3 is 15.1 Å². The van der Waals surface area contributed by atoms with Crippen LogP contribution in [0, 0.1) is 13.8 Å². The van der Waals surface area contributed by atoms with Crippen molar-refractivity contribution >= 4 is 45.2 Å². The van der Waals surface area contributed by atoms with Crippen molar-refractivity contribution in [1.82, 2.24) is 20.1 Å². The van der Waals surface area contributed by atoms with Crippen LogP contribution in [0.1, 0.15) is 27.5 Å². The highest BCUT2D eigenvalue weighted by molar-refractivity contribution is 9.10. The topological polar surface area (TPSA) is 102 Å². The monoisotopic (exact) mass is 539 g/mol. The molecular weight excluding hydrogens is 518 g/mol. The third kappa shape index (κ3) is 5.75. The number of hydrogen-bond acceptors (Lipinski definition) is 6. The molecule has 0 saturated carbocycles. The summed E-state index contributed by atoms with van der Waals surface area (Å²) in [5.74, 6) is 0.405. The van der Waals surface area contributed by atoms with Crippen molar-refractivity contribution in [2.75, 3.05) is 11.1 Å². The lowest BCUT2D eigenvalue weighted by Crippen LogP contribution is -2.24. The van der Waals surface area contributed by atoms with Gasteiger partial charge in [-0.3, -0.25) is 14.2 Å². The molecule has 0 saturated heterocycles. The average molecular weight is 540 g/mol. The smallest absolute Gasteiger partial charge is 0.287 e. The molecule has 0 aliphatic rings. The van der Waals surface area contributed by atoms with Crippen LogP contribution in [0.2, 0.25) is 0 Å². The fraction of sp³-hybridized carbons (Fsp3) is 0.167. The summed E-state index contributed by atoms with van der Waals surface area (Å²) in [7, 11) is 0. The number of carbonyl (C=O) groups excluding carboxylic acids is 2. The largest absolute Gasteiger partial charge is 0.459 e. The summed E-state index contributed by atoms with van der Waals surface area (Å²) >= 11 is 4.71. The molecule has 8 nitrogen and oxygen atoms in total. The van der Waals surface area contributed by atoms with Crippen LogP contribution in [-0.2, 0) is 11.3 Å². The first-order valence-corrected chi connectivity index (χ1v) is 12.2. The second-order valence-electron chi connectivity index (χ2n) is 7.53. The maximum Gasteiger partial charge on any atom is 0.287 e. The number of thioether (sulfide) groups is 1. The molecule has 0 fully saturated rings. The quantitative estimate of drug-likeness (QED) is 0.309. The fourth-order valence-corrected chi connectivity index (χ4v) is 4.23. The molecule has 4 rings (SSSR count). The zero-order valence-corrected chi connectivity index (χ0v) is 20.9. The number of carbonyl (C=O) groups is 2. The minimum absolute atomic E-state index is 0.137. The van der Waals surface area contributed by atoms with Gasteiger partial charge in [0, 0.05) is 15.8 Å². The first kappa shape index (κ1) is 23.8. The molecule has 0 atom stereocenters. The second kappa shape index (κ2) is 10.7. The van der Waals surface area contributed by atoms with Crippen molar-refractivity contribution in [2.45, 2.75) is 25.5 Å². The number of benzene rings is 2. The first-order chi connectivity index (χ1) is 16.4. The Kier molecular flexibility index (Phi) is 7.49. The Balaban J connectivity index is 1.50. The number of nitrogens with one attached hydrogen (secondary N) is 2. The highest BCUT2D eigenvalue weighted by Crippen LogP contribution is 2.24. The van der Waals surface area contributed by atoms with Crippen LogP contribution < -0.4 is 10.6 Å². The van der Waals surface area contributed by atoms with Gasteiger partial charge in [0.15, 0.2) is 16.7 Å². The van der Waals surface area contributed by atoms with Gasteiger partial charge in [0.2, 0.25) is 5.91 Å². The van der Waals surface area contributed by atoms with Crippen molar-refractivity contribution in [3.8, 4) is 5.69 Å². The van der Waals surface area contributed by atoms with Crippen molar-refractivity contribution in [3.63, 3.8) is 0 Å². The summed E-state index contributed by atoms with van der Waals surface area (Å²) in [6.07, 6.45) is 1.44. The average Bonchev–Trinajstić information content (AvgIpc) is 3.49. The lowest BCUT2D eigenvalue weighted by atomic mass is 10.1. The molecule has 4 aromatic rings. The molecule has 2 amide bonds. The van der Waals surface area contributed by atoms with E-state index < -0.39 is 0 Å². The number of aromatic nitrogens is 3. The number of furan rings is 1. The van der Waals surface area contributed by atoms with E-state index in [0.29, 0.717) is 11.0 Å². The summed E-state index contributed by atoms with van der Waals surface area (Å²) in [4.78, 5) is 24.9. The van der Waals surface area contributed by atoms with Gasteiger partial charge in [-0.05, 0) is 67.4 Å². The molecule has 0 aliphatic heterocycles. The van der Waals surface area contributed by atoms with E-state index in [1.807, 2.05) is 60.9 Å². The van der Waals surface area contributed by atoms with Crippen molar-refractivity contribution in [3.05, 3.63) is 88.0 Å². The van der Waals surface area contributed by atoms with Crippen LogP contribution in [0.25, 0.3) is 5.69 Å². The molecule has 0 radical (unpaired) electrons. The SMILES string of the molecule is Cc1ccc(C)c(NC(=O)CSc2nnc(CNC(=O)c3ccco3)n2-c2ccc(Br)cc2)c1. The molecule has 0 aliphatic carbocycles. The van der Waals surface area contributed by atoms with E-state index in [0.717, 1.165) is 27.0 Å². The highest BCUT2D eigenvalue weighted by atomic mass is 79.9. The lowest BCUT2D eigenvalue weighted by molar-refractivity contribution is -0.113. The normalized spacial score (nSPS) is 10.8. The molecule has 2 aromatic heterocycles. The van der Waals surface area contributed by atoms with Gasteiger partial charge in [0.05, 0.1) is 18.6 Å².